The highest BCUT2D eigenvalue weighted by Gasteiger charge is 2.38. The Labute approximate surface area is 315 Å². The molecule has 280 valence electrons. The predicted molar refractivity (Wildman–Crippen MR) is 206 cm³/mol. The van der Waals surface area contributed by atoms with Gasteiger partial charge in [0.05, 0.1) is 36.9 Å². The molecule has 5 aromatic rings. The molecule has 1 saturated heterocycles. The molecule has 1 saturated carbocycles. The van der Waals surface area contributed by atoms with Gasteiger partial charge in [-0.05, 0) is 65.5 Å². The fourth-order valence-electron chi connectivity index (χ4n) is 7.80. The van der Waals surface area contributed by atoms with Gasteiger partial charge in [-0.3, -0.25) is 14.6 Å². The Hall–Kier alpha value is -5.78. The van der Waals surface area contributed by atoms with Gasteiger partial charge in [-0.25, -0.2) is 14.8 Å². The van der Waals surface area contributed by atoms with E-state index in [9.17, 15) is 14.4 Å². The second-order valence-electron chi connectivity index (χ2n) is 14.6. The first-order chi connectivity index (χ1) is 26.3. The predicted octanol–water partition coefficient (Wildman–Crippen LogP) is 7.16. The highest BCUT2D eigenvalue weighted by Crippen LogP contribution is 2.38. The number of alkyl carbamates (subject to hydrolysis) is 1. The summed E-state index contributed by atoms with van der Waals surface area (Å²) in [5.74, 6) is 1.39. The number of hydrogen-bond acceptors (Lipinski definition) is 7. The number of pyridine rings is 1. The van der Waals surface area contributed by atoms with Crippen molar-refractivity contribution in [2.45, 2.75) is 76.9 Å². The van der Waals surface area contributed by atoms with Crippen molar-refractivity contribution in [3.63, 3.8) is 0 Å². The lowest BCUT2D eigenvalue weighted by molar-refractivity contribution is -0.135. The van der Waals surface area contributed by atoms with E-state index in [0.29, 0.717) is 13.1 Å². The van der Waals surface area contributed by atoms with Crippen LogP contribution in [0.4, 0.5) is 4.79 Å². The molecule has 2 aliphatic rings. The van der Waals surface area contributed by atoms with E-state index in [2.05, 4.69) is 79.1 Å². The fourth-order valence-corrected chi connectivity index (χ4v) is 7.80. The minimum absolute atomic E-state index is 0.0531. The zero-order valence-electron chi connectivity index (χ0n) is 31.0. The summed E-state index contributed by atoms with van der Waals surface area (Å²) >= 11 is 0. The molecule has 12 heteroatoms. The molecule has 54 heavy (non-hydrogen) atoms. The molecule has 4 heterocycles. The number of aromatic amines is 2. The SMILES string of the molecule is COC(=O)NC(C(=O)N1CCCC1c1ncc(-c2ccc(-c3ccc(-c4cnc([C@@H]5CCCCC5C(=O)NCc5cccnc5)[nH]4)cc3)cc2)[nH]1)C(C)C. The van der Waals surface area contributed by atoms with E-state index in [1.54, 1.807) is 12.4 Å². The lowest BCUT2D eigenvalue weighted by atomic mass is 9.78. The van der Waals surface area contributed by atoms with Crippen LogP contribution in [0, 0.1) is 11.8 Å². The molecule has 3 aromatic heterocycles. The number of H-pyrrole nitrogens is 2. The van der Waals surface area contributed by atoms with E-state index in [1.807, 2.05) is 43.3 Å². The third-order valence-corrected chi connectivity index (χ3v) is 10.8. The minimum Gasteiger partial charge on any atom is -0.453 e. The molecular weight excluding hydrogens is 681 g/mol. The van der Waals surface area contributed by atoms with E-state index in [-0.39, 0.29) is 35.6 Å². The molecule has 3 amide bonds. The minimum atomic E-state index is -0.677. The number of methoxy groups -OCH3 is 1. The number of aromatic nitrogens is 5. The molecule has 4 atom stereocenters. The van der Waals surface area contributed by atoms with Crippen LogP contribution in [0.3, 0.4) is 0 Å². The average molecular weight is 729 g/mol. The number of likely N-dealkylation sites (tertiary alicyclic amines) is 1. The second-order valence-corrected chi connectivity index (χ2v) is 14.6. The zero-order chi connectivity index (χ0) is 37.6. The summed E-state index contributed by atoms with van der Waals surface area (Å²) in [5.41, 5.74) is 7.00. The first kappa shape index (κ1) is 36.6. The summed E-state index contributed by atoms with van der Waals surface area (Å²) in [6.45, 7) is 4.89. The van der Waals surface area contributed by atoms with Crippen LogP contribution in [0.1, 0.15) is 81.5 Å². The number of nitrogens with zero attached hydrogens (tertiary/aromatic N) is 4. The van der Waals surface area contributed by atoms with Crippen molar-refractivity contribution in [3.05, 3.63) is 103 Å². The number of ether oxygens (including phenoxy) is 1. The van der Waals surface area contributed by atoms with Crippen molar-refractivity contribution in [1.82, 2.24) is 40.5 Å². The van der Waals surface area contributed by atoms with Gasteiger partial charge in [0, 0.05) is 37.3 Å². The van der Waals surface area contributed by atoms with Gasteiger partial charge in [-0.1, -0.05) is 81.3 Å². The summed E-state index contributed by atoms with van der Waals surface area (Å²) in [6, 6.07) is 19.7. The third-order valence-electron chi connectivity index (χ3n) is 10.8. The Morgan fingerprint density at radius 2 is 1.44 bits per heavy atom. The molecular formula is C42H48N8O4. The zero-order valence-corrected chi connectivity index (χ0v) is 31.0. The van der Waals surface area contributed by atoms with Gasteiger partial charge in [0.1, 0.15) is 17.7 Å². The average Bonchev–Trinajstić information content (AvgIpc) is 4.01. The van der Waals surface area contributed by atoms with E-state index in [4.69, 9.17) is 9.72 Å². The lowest BCUT2D eigenvalue weighted by Gasteiger charge is -2.30. The summed E-state index contributed by atoms with van der Waals surface area (Å²) in [6.07, 6.45) is 12.1. The topological polar surface area (TPSA) is 158 Å². The van der Waals surface area contributed by atoms with Crippen molar-refractivity contribution in [2.24, 2.45) is 11.8 Å². The summed E-state index contributed by atoms with van der Waals surface area (Å²) in [5, 5.41) is 5.82. The Bertz CT molecular complexity index is 2040. The van der Waals surface area contributed by atoms with Gasteiger partial charge in [0.2, 0.25) is 11.8 Å². The van der Waals surface area contributed by atoms with Crippen LogP contribution in [-0.2, 0) is 20.9 Å². The highest BCUT2D eigenvalue weighted by molar-refractivity contribution is 5.86. The van der Waals surface area contributed by atoms with Gasteiger partial charge in [0.15, 0.2) is 0 Å². The molecule has 0 radical (unpaired) electrons. The number of rotatable bonds is 11. The number of imidazole rings is 2. The number of hydrogen-bond donors (Lipinski definition) is 4. The maximum Gasteiger partial charge on any atom is 0.407 e. The van der Waals surface area contributed by atoms with Crippen LogP contribution in [0.5, 0.6) is 0 Å². The van der Waals surface area contributed by atoms with Crippen molar-refractivity contribution in [2.75, 3.05) is 13.7 Å². The number of amides is 3. The lowest BCUT2D eigenvalue weighted by Crippen LogP contribution is -2.51. The first-order valence-corrected chi connectivity index (χ1v) is 18.9. The molecule has 4 N–H and O–H groups in total. The Morgan fingerprint density at radius 1 is 0.815 bits per heavy atom. The number of benzene rings is 2. The number of carbonyl (C=O) groups is 3. The Balaban J connectivity index is 0.988. The molecule has 0 bridgehead atoms. The standard InChI is InChI=1S/C42H48N8O4/c1-26(2)37(49-42(53)54-3)41(52)50-21-7-11-36(50)39-45-25-35(48-39)31-18-14-29(15-19-31)28-12-16-30(17-13-28)34-24-44-38(47-34)32-9-4-5-10-33(32)40(51)46-23-27-8-6-20-43-22-27/h6,8,12-20,22,24-26,32-33,36-37H,4-5,7,9-11,21,23H2,1-3H3,(H,44,47)(H,45,48)(H,46,51)(H,49,53)/t32-,33?,36?,37?/m1/s1. The monoisotopic (exact) mass is 728 g/mol. The van der Waals surface area contributed by atoms with E-state index < -0.39 is 12.1 Å². The first-order valence-electron chi connectivity index (χ1n) is 18.9. The summed E-state index contributed by atoms with van der Waals surface area (Å²) in [7, 11) is 1.30. The smallest absolute Gasteiger partial charge is 0.407 e. The Morgan fingerprint density at radius 3 is 2.07 bits per heavy atom. The number of carbonyl (C=O) groups excluding carboxylic acids is 3. The van der Waals surface area contributed by atoms with E-state index in [0.717, 1.165) is 89.4 Å². The van der Waals surface area contributed by atoms with Crippen LogP contribution < -0.4 is 10.6 Å². The second kappa shape index (κ2) is 16.5. The van der Waals surface area contributed by atoms with Crippen LogP contribution in [-0.4, -0.2) is 67.4 Å². The molecule has 2 fully saturated rings. The Kier molecular flexibility index (Phi) is 11.2. The molecule has 3 unspecified atom stereocenters. The van der Waals surface area contributed by atoms with Gasteiger partial charge < -0.3 is 30.2 Å². The normalized spacial score (nSPS) is 19.0. The van der Waals surface area contributed by atoms with Gasteiger partial charge in [0.25, 0.3) is 0 Å². The van der Waals surface area contributed by atoms with Crippen molar-refractivity contribution in [1.29, 1.82) is 0 Å². The molecule has 2 aromatic carbocycles. The van der Waals surface area contributed by atoms with E-state index in [1.165, 1.54) is 7.11 Å². The molecule has 1 aliphatic carbocycles. The van der Waals surface area contributed by atoms with Crippen LogP contribution in [0.2, 0.25) is 0 Å². The highest BCUT2D eigenvalue weighted by atomic mass is 16.5. The van der Waals surface area contributed by atoms with Crippen LogP contribution in [0.15, 0.2) is 85.5 Å². The molecule has 0 spiro atoms. The maximum atomic E-state index is 13.5. The summed E-state index contributed by atoms with van der Waals surface area (Å²) in [4.78, 5) is 61.1. The maximum absolute atomic E-state index is 13.5. The number of nitrogens with one attached hydrogen (secondary N) is 4. The summed E-state index contributed by atoms with van der Waals surface area (Å²) < 4.78 is 4.76. The fraction of sp³-hybridized carbons (Fsp3) is 0.381. The van der Waals surface area contributed by atoms with Crippen LogP contribution >= 0.6 is 0 Å². The van der Waals surface area contributed by atoms with Crippen molar-refractivity contribution >= 4 is 17.9 Å². The van der Waals surface area contributed by atoms with Crippen LogP contribution in [0.25, 0.3) is 33.6 Å². The van der Waals surface area contributed by atoms with Gasteiger partial charge in [-0.2, -0.15) is 0 Å². The van der Waals surface area contributed by atoms with Gasteiger partial charge >= 0.3 is 6.09 Å². The third kappa shape index (κ3) is 8.07. The quantitative estimate of drug-likeness (QED) is 0.112. The molecule has 12 nitrogen and oxygen atoms in total. The molecule has 1 aliphatic heterocycles. The van der Waals surface area contributed by atoms with Crippen molar-refractivity contribution < 1.29 is 19.1 Å². The largest absolute Gasteiger partial charge is 0.453 e. The van der Waals surface area contributed by atoms with Crippen molar-refractivity contribution in [3.8, 4) is 33.6 Å². The van der Waals surface area contributed by atoms with Gasteiger partial charge in [-0.15, -0.1) is 0 Å². The molecule has 7 rings (SSSR count). The van der Waals surface area contributed by atoms with E-state index >= 15 is 0 Å².